The summed E-state index contributed by atoms with van der Waals surface area (Å²) in [5.74, 6) is -0.734. The molecular formula is C22H21F3N6O3S. The topological polar surface area (TPSA) is 116 Å². The molecule has 13 heteroatoms. The Hall–Kier alpha value is -3.87. The molecule has 4 rings (SSSR count). The minimum absolute atomic E-state index is 0.0538. The van der Waals surface area contributed by atoms with E-state index >= 15 is 0 Å². The third kappa shape index (κ3) is 5.45. The molecule has 1 aromatic heterocycles. The fourth-order valence-electron chi connectivity index (χ4n) is 3.50. The smallest absolute Gasteiger partial charge is 0.365 e. The van der Waals surface area contributed by atoms with Crippen LogP contribution in [0.5, 0.6) is 0 Å². The fraction of sp³-hybridized carbons (Fsp3) is 0.227. The van der Waals surface area contributed by atoms with E-state index in [9.17, 15) is 26.4 Å². The van der Waals surface area contributed by atoms with Gasteiger partial charge in [0.15, 0.2) is 0 Å². The van der Waals surface area contributed by atoms with Gasteiger partial charge in [-0.3, -0.25) is 9.10 Å². The number of alkyl halides is 3. The number of carbonyl (C=O) groups is 1. The van der Waals surface area contributed by atoms with E-state index in [0.29, 0.717) is 28.8 Å². The molecule has 0 saturated heterocycles. The summed E-state index contributed by atoms with van der Waals surface area (Å²) in [5, 5.41) is 8.25. The highest BCUT2D eigenvalue weighted by Gasteiger charge is 2.35. The number of rotatable bonds is 7. The van der Waals surface area contributed by atoms with Crippen LogP contribution < -0.4 is 20.3 Å². The minimum atomic E-state index is -4.71. The van der Waals surface area contributed by atoms with Crippen LogP contribution in [0.3, 0.4) is 0 Å². The van der Waals surface area contributed by atoms with E-state index in [4.69, 9.17) is 0 Å². The third-order valence-electron chi connectivity index (χ3n) is 5.34. The summed E-state index contributed by atoms with van der Waals surface area (Å²) in [7, 11) is -2.12. The van der Waals surface area contributed by atoms with Crippen molar-refractivity contribution in [2.24, 2.45) is 0 Å². The van der Waals surface area contributed by atoms with Crippen LogP contribution in [-0.4, -0.2) is 37.6 Å². The van der Waals surface area contributed by atoms with Crippen LogP contribution in [-0.2, 0) is 34.0 Å². The number of sulfonamides is 1. The third-order valence-corrected chi connectivity index (χ3v) is 6.54. The molecule has 35 heavy (non-hydrogen) atoms. The summed E-state index contributed by atoms with van der Waals surface area (Å²) in [6.45, 7) is -0.0538. The number of hydrogen-bond donors (Lipinski definition) is 3. The van der Waals surface area contributed by atoms with Crippen molar-refractivity contribution in [1.82, 2.24) is 9.97 Å². The van der Waals surface area contributed by atoms with Crippen molar-refractivity contribution in [2.75, 3.05) is 33.6 Å². The van der Waals surface area contributed by atoms with Crippen LogP contribution in [0.15, 0.2) is 48.7 Å². The fourth-order valence-corrected chi connectivity index (χ4v) is 4.00. The van der Waals surface area contributed by atoms with Gasteiger partial charge in [0, 0.05) is 19.8 Å². The monoisotopic (exact) mass is 506 g/mol. The lowest BCUT2D eigenvalue weighted by molar-refractivity contribution is -0.137. The van der Waals surface area contributed by atoms with Crippen molar-refractivity contribution in [3.8, 4) is 0 Å². The van der Waals surface area contributed by atoms with Crippen LogP contribution >= 0.6 is 0 Å². The lowest BCUT2D eigenvalue weighted by Gasteiger charge is -2.18. The number of nitrogens with one attached hydrogen (secondary N) is 3. The number of amides is 1. The number of fused-ring (bicyclic) bond motifs is 1. The zero-order valence-corrected chi connectivity index (χ0v) is 19.5. The van der Waals surface area contributed by atoms with Gasteiger partial charge >= 0.3 is 6.18 Å². The molecule has 0 spiro atoms. The van der Waals surface area contributed by atoms with Crippen molar-refractivity contribution in [1.29, 1.82) is 0 Å². The lowest BCUT2D eigenvalue weighted by atomic mass is 10.1. The number of hydrogen-bond acceptors (Lipinski definition) is 7. The number of nitrogens with zero attached hydrogens (tertiary/aromatic N) is 3. The summed E-state index contributed by atoms with van der Waals surface area (Å²) in [6, 6.07) is 11.5. The molecule has 2 aromatic carbocycles. The first-order valence-electron chi connectivity index (χ1n) is 10.3. The summed E-state index contributed by atoms with van der Waals surface area (Å²) >= 11 is 0. The molecule has 184 valence electrons. The maximum Gasteiger partial charge on any atom is 0.421 e. The van der Waals surface area contributed by atoms with Gasteiger partial charge in [0.25, 0.3) is 0 Å². The molecule has 0 fully saturated rings. The zero-order valence-electron chi connectivity index (χ0n) is 18.6. The minimum Gasteiger partial charge on any atom is -0.365 e. The molecule has 1 aliphatic rings. The number of carbonyl (C=O) groups excluding carboxylic acids is 1. The Morgan fingerprint density at radius 1 is 1.17 bits per heavy atom. The van der Waals surface area contributed by atoms with Crippen molar-refractivity contribution in [3.63, 3.8) is 0 Å². The Kier molecular flexibility index (Phi) is 6.28. The standard InChI is InChI=1S/C22H21F3N6O3S/c1-31(35(2,33)34)15-7-3-5-13(9-15)11-26-20-16(22(23,24)25)12-27-21(30-20)28-17-8-4-6-14-10-18(32)29-19(14)17/h3-9,12H,10-11H2,1-2H3,(H,29,32)(H2,26,27,28,30). The van der Waals surface area contributed by atoms with Crippen LogP contribution in [0, 0.1) is 0 Å². The molecule has 1 aliphatic heterocycles. The van der Waals surface area contributed by atoms with Crippen LogP contribution in [0.1, 0.15) is 16.7 Å². The summed E-state index contributed by atoms with van der Waals surface area (Å²) < 4.78 is 65.4. The van der Waals surface area contributed by atoms with Gasteiger partial charge in [-0.25, -0.2) is 13.4 Å². The Bertz CT molecular complexity index is 1400. The van der Waals surface area contributed by atoms with Gasteiger partial charge in [-0.05, 0) is 29.3 Å². The lowest BCUT2D eigenvalue weighted by Crippen LogP contribution is -2.24. The van der Waals surface area contributed by atoms with Crippen molar-refractivity contribution in [3.05, 3.63) is 65.4 Å². The first-order valence-corrected chi connectivity index (χ1v) is 12.2. The van der Waals surface area contributed by atoms with E-state index in [0.717, 1.165) is 16.1 Å². The van der Waals surface area contributed by atoms with E-state index in [2.05, 4.69) is 25.9 Å². The van der Waals surface area contributed by atoms with Crippen LogP contribution in [0.4, 0.5) is 42.0 Å². The Morgan fingerprint density at radius 2 is 1.91 bits per heavy atom. The van der Waals surface area contributed by atoms with Gasteiger partial charge < -0.3 is 16.0 Å². The van der Waals surface area contributed by atoms with Crippen LogP contribution in [0.2, 0.25) is 0 Å². The number of anilines is 5. The largest absolute Gasteiger partial charge is 0.421 e. The highest BCUT2D eigenvalue weighted by Crippen LogP contribution is 2.36. The second-order valence-electron chi connectivity index (χ2n) is 7.90. The average Bonchev–Trinajstić information content (AvgIpc) is 3.17. The average molecular weight is 507 g/mol. The first kappa shape index (κ1) is 24.3. The van der Waals surface area contributed by atoms with Gasteiger partial charge in [0.2, 0.25) is 21.9 Å². The summed E-state index contributed by atoms with van der Waals surface area (Å²) in [4.78, 5) is 19.5. The van der Waals surface area contributed by atoms with Crippen LogP contribution in [0.25, 0.3) is 0 Å². The number of para-hydroxylation sites is 1. The molecule has 3 N–H and O–H groups in total. The molecule has 0 bridgehead atoms. The normalized spacial score (nSPS) is 13.2. The Balaban J connectivity index is 1.60. The zero-order chi connectivity index (χ0) is 25.4. The Morgan fingerprint density at radius 3 is 2.63 bits per heavy atom. The maximum absolute atomic E-state index is 13.6. The van der Waals surface area contributed by atoms with Crippen molar-refractivity contribution >= 4 is 44.8 Å². The molecule has 0 aliphatic carbocycles. The number of aromatic nitrogens is 2. The first-order chi connectivity index (χ1) is 16.4. The summed E-state index contributed by atoms with van der Waals surface area (Å²) in [5.41, 5.74) is 1.59. The van der Waals surface area contributed by atoms with Crippen molar-refractivity contribution < 1.29 is 26.4 Å². The van der Waals surface area contributed by atoms with E-state index in [-0.39, 0.29) is 24.8 Å². The molecule has 0 saturated carbocycles. The summed E-state index contributed by atoms with van der Waals surface area (Å²) in [6.07, 6.45) is -2.77. The highest BCUT2D eigenvalue weighted by molar-refractivity contribution is 7.92. The van der Waals surface area contributed by atoms with Gasteiger partial charge in [0.1, 0.15) is 11.4 Å². The SMILES string of the molecule is CN(c1cccc(CNc2nc(Nc3cccc4c3NC(=O)C4)ncc2C(F)(F)F)c1)S(C)(=O)=O. The molecule has 0 atom stereocenters. The van der Waals surface area contributed by atoms with Gasteiger partial charge in [-0.1, -0.05) is 24.3 Å². The number of benzene rings is 2. The molecule has 1 amide bonds. The maximum atomic E-state index is 13.6. The number of halogens is 3. The van der Waals surface area contributed by atoms with E-state index in [1.807, 2.05) is 0 Å². The van der Waals surface area contributed by atoms with E-state index < -0.39 is 27.6 Å². The second-order valence-corrected chi connectivity index (χ2v) is 9.91. The van der Waals surface area contributed by atoms with E-state index in [1.165, 1.54) is 7.05 Å². The van der Waals surface area contributed by atoms with Crippen molar-refractivity contribution in [2.45, 2.75) is 19.1 Å². The predicted octanol–water partition coefficient (Wildman–Crippen LogP) is 3.74. The van der Waals surface area contributed by atoms with Gasteiger partial charge in [-0.15, -0.1) is 0 Å². The molecule has 0 unspecified atom stereocenters. The molecular weight excluding hydrogens is 485 g/mol. The Labute approximate surface area is 199 Å². The van der Waals surface area contributed by atoms with E-state index in [1.54, 1.807) is 42.5 Å². The van der Waals surface area contributed by atoms with Gasteiger partial charge in [-0.2, -0.15) is 18.2 Å². The predicted molar refractivity (Wildman–Crippen MR) is 126 cm³/mol. The second kappa shape index (κ2) is 9.06. The molecule has 3 aromatic rings. The quantitative estimate of drug-likeness (QED) is 0.447. The molecule has 9 nitrogen and oxygen atoms in total. The highest BCUT2D eigenvalue weighted by atomic mass is 32.2. The molecule has 2 heterocycles. The molecule has 0 radical (unpaired) electrons. The van der Waals surface area contributed by atoms with Gasteiger partial charge in [0.05, 0.1) is 29.7 Å².